The van der Waals surface area contributed by atoms with Crippen LogP contribution >= 0.6 is 0 Å². The molecule has 0 aliphatic carbocycles. The molecule has 2 atom stereocenters. The van der Waals surface area contributed by atoms with Crippen molar-refractivity contribution in [2.75, 3.05) is 6.61 Å². The van der Waals surface area contributed by atoms with Gasteiger partial charge in [0, 0.05) is 6.04 Å². The third-order valence-electron chi connectivity index (χ3n) is 2.87. The van der Waals surface area contributed by atoms with E-state index in [1.54, 1.807) is 4.90 Å². The second kappa shape index (κ2) is 5.54. The van der Waals surface area contributed by atoms with Gasteiger partial charge in [0.2, 0.25) is 0 Å². The average Bonchev–Trinajstić information content (AvgIpc) is 2.58. The maximum absolute atomic E-state index is 12.1. The number of carbonyl (C=O) groups is 1. The third-order valence-corrected chi connectivity index (χ3v) is 2.87. The fraction of sp³-hybridized carbons (Fsp3) is 0.769. The van der Waals surface area contributed by atoms with Gasteiger partial charge in [0.15, 0.2) is 0 Å². The highest BCUT2D eigenvalue weighted by Gasteiger charge is 2.38. The number of hydrogen-bond donors (Lipinski definition) is 1. The zero-order chi connectivity index (χ0) is 13.1. The Morgan fingerprint density at radius 2 is 2.06 bits per heavy atom. The van der Waals surface area contributed by atoms with E-state index in [0.717, 1.165) is 19.3 Å². The first-order valence-corrected chi connectivity index (χ1v) is 6.12. The van der Waals surface area contributed by atoms with Crippen molar-refractivity contribution in [1.82, 2.24) is 4.90 Å². The van der Waals surface area contributed by atoms with Gasteiger partial charge in [-0.3, -0.25) is 4.90 Å². The maximum Gasteiger partial charge on any atom is 0.410 e. The molecule has 0 bridgehead atoms. The zero-order valence-electron chi connectivity index (χ0n) is 11.0. The van der Waals surface area contributed by atoms with Crippen molar-refractivity contribution in [3.8, 4) is 0 Å². The van der Waals surface area contributed by atoms with E-state index < -0.39 is 5.60 Å². The quantitative estimate of drug-likeness (QED) is 0.771. The lowest BCUT2D eigenvalue weighted by Crippen LogP contribution is -2.45. The Labute approximate surface area is 103 Å². The van der Waals surface area contributed by atoms with Gasteiger partial charge < -0.3 is 9.84 Å². The molecule has 4 nitrogen and oxygen atoms in total. The minimum Gasteiger partial charge on any atom is -0.444 e. The summed E-state index contributed by atoms with van der Waals surface area (Å²) >= 11 is 0. The summed E-state index contributed by atoms with van der Waals surface area (Å²) in [4.78, 5) is 13.7. The van der Waals surface area contributed by atoms with Crippen LogP contribution in [0.5, 0.6) is 0 Å². The highest BCUT2D eigenvalue weighted by Crippen LogP contribution is 2.28. The lowest BCUT2D eigenvalue weighted by Gasteiger charge is -2.31. The molecule has 4 heteroatoms. The first kappa shape index (κ1) is 14.0. The number of aliphatic hydroxyl groups is 1. The molecule has 1 saturated heterocycles. The topological polar surface area (TPSA) is 49.8 Å². The molecular formula is C13H23NO3. The number of nitrogens with zero attached hydrogens (tertiary/aromatic N) is 1. The number of amides is 1. The van der Waals surface area contributed by atoms with Crippen LogP contribution in [0.25, 0.3) is 0 Å². The Hall–Kier alpha value is -1.03. The number of likely N-dealkylation sites (tertiary alicyclic amines) is 1. The number of carbonyl (C=O) groups excluding carboxylic acids is 1. The Morgan fingerprint density at radius 1 is 1.47 bits per heavy atom. The van der Waals surface area contributed by atoms with Gasteiger partial charge >= 0.3 is 6.09 Å². The van der Waals surface area contributed by atoms with E-state index >= 15 is 0 Å². The summed E-state index contributed by atoms with van der Waals surface area (Å²) in [6.07, 6.45) is 3.95. The lowest BCUT2D eigenvalue weighted by molar-refractivity contribution is 0.00922. The van der Waals surface area contributed by atoms with E-state index in [9.17, 15) is 9.90 Å². The molecular weight excluding hydrogens is 218 g/mol. The van der Waals surface area contributed by atoms with Gasteiger partial charge in [-0.1, -0.05) is 6.08 Å². The molecule has 1 rings (SSSR count). The van der Waals surface area contributed by atoms with Gasteiger partial charge in [-0.2, -0.15) is 0 Å². The molecule has 1 aliphatic heterocycles. The predicted molar refractivity (Wildman–Crippen MR) is 66.8 cm³/mol. The average molecular weight is 241 g/mol. The first-order valence-electron chi connectivity index (χ1n) is 6.12. The zero-order valence-corrected chi connectivity index (χ0v) is 11.0. The summed E-state index contributed by atoms with van der Waals surface area (Å²) in [5, 5.41) is 9.29. The molecule has 0 aromatic heterocycles. The van der Waals surface area contributed by atoms with Crippen LogP contribution in [-0.2, 0) is 4.74 Å². The molecule has 1 aliphatic rings. The smallest absolute Gasteiger partial charge is 0.410 e. The first-order chi connectivity index (χ1) is 7.89. The maximum atomic E-state index is 12.1. The van der Waals surface area contributed by atoms with Crippen LogP contribution in [0.1, 0.15) is 40.0 Å². The summed E-state index contributed by atoms with van der Waals surface area (Å²) in [5.41, 5.74) is -0.502. The molecule has 1 heterocycles. The molecule has 1 fully saturated rings. The van der Waals surface area contributed by atoms with Crippen molar-refractivity contribution in [2.24, 2.45) is 0 Å². The van der Waals surface area contributed by atoms with Crippen molar-refractivity contribution in [3.05, 3.63) is 12.7 Å². The minimum atomic E-state index is -0.502. The summed E-state index contributed by atoms with van der Waals surface area (Å²) in [5.74, 6) is 0. The highest BCUT2D eigenvalue weighted by molar-refractivity contribution is 5.69. The molecule has 1 amide bonds. The van der Waals surface area contributed by atoms with Crippen LogP contribution in [-0.4, -0.2) is 40.4 Å². The second-order valence-corrected chi connectivity index (χ2v) is 5.48. The Bertz CT molecular complexity index is 283. The van der Waals surface area contributed by atoms with Crippen molar-refractivity contribution in [2.45, 2.75) is 57.7 Å². The molecule has 0 radical (unpaired) electrons. The van der Waals surface area contributed by atoms with E-state index in [1.807, 2.05) is 26.8 Å². The molecule has 0 aromatic carbocycles. The predicted octanol–water partition coefficient (Wildman–Crippen LogP) is 2.32. The van der Waals surface area contributed by atoms with E-state index in [2.05, 4.69) is 6.58 Å². The fourth-order valence-corrected chi connectivity index (χ4v) is 2.18. The second-order valence-electron chi connectivity index (χ2n) is 5.48. The summed E-state index contributed by atoms with van der Waals surface area (Å²) < 4.78 is 5.37. The molecule has 2 unspecified atom stereocenters. The monoisotopic (exact) mass is 241 g/mol. The Morgan fingerprint density at radius 3 is 2.53 bits per heavy atom. The summed E-state index contributed by atoms with van der Waals surface area (Å²) in [6, 6.07) is -0.00528. The van der Waals surface area contributed by atoms with Crippen LogP contribution < -0.4 is 0 Å². The molecule has 0 aromatic rings. The van der Waals surface area contributed by atoms with Crippen LogP contribution in [0.4, 0.5) is 4.79 Å². The van der Waals surface area contributed by atoms with Crippen molar-refractivity contribution < 1.29 is 14.6 Å². The van der Waals surface area contributed by atoms with Gasteiger partial charge in [-0.05, 0) is 40.0 Å². The van der Waals surface area contributed by atoms with Crippen LogP contribution in [0, 0.1) is 0 Å². The molecule has 17 heavy (non-hydrogen) atoms. The van der Waals surface area contributed by atoms with E-state index in [1.165, 1.54) is 0 Å². The van der Waals surface area contributed by atoms with Gasteiger partial charge in [-0.25, -0.2) is 4.79 Å². The van der Waals surface area contributed by atoms with Gasteiger partial charge in [0.05, 0.1) is 12.6 Å². The Balaban J connectivity index is 2.74. The summed E-state index contributed by atoms with van der Waals surface area (Å²) in [6.45, 7) is 9.23. The number of hydrogen-bond acceptors (Lipinski definition) is 3. The van der Waals surface area contributed by atoms with E-state index in [4.69, 9.17) is 4.74 Å². The molecule has 0 spiro atoms. The van der Waals surface area contributed by atoms with E-state index in [0.29, 0.717) is 0 Å². The molecule has 98 valence electrons. The molecule has 0 saturated carbocycles. The van der Waals surface area contributed by atoms with Crippen LogP contribution in [0.2, 0.25) is 0 Å². The van der Waals surface area contributed by atoms with Crippen LogP contribution in [0.15, 0.2) is 12.7 Å². The number of ether oxygens (including phenoxy) is 1. The minimum absolute atomic E-state index is 0.00706. The third kappa shape index (κ3) is 3.73. The van der Waals surface area contributed by atoms with Gasteiger partial charge in [0.1, 0.15) is 5.60 Å². The van der Waals surface area contributed by atoms with Gasteiger partial charge in [0.25, 0.3) is 0 Å². The van der Waals surface area contributed by atoms with Crippen molar-refractivity contribution in [3.63, 3.8) is 0 Å². The van der Waals surface area contributed by atoms with Crippen molar-refractivity contribution in [1.29, 1.82) is 0 Å². The van der Waals surface area contributed by atoms with Gasteiger partial charge in [-0.15, -0.1) is 6.58 Å². The largest absolute Gasteiger partial charge is 0.444 e. The number of rotatable bonds is 3. The Kier molecular flexibility index (Phi) is 4.57. The van der Waals surface area contributed by atoms with Crippen molar-refractivity contribution >= 4 is 6.09 Å². The highest BCUT2D eigenvalue weighted by atomic mass is 16.6. The SMILES string of the molecule is C=CCC1CCC(CO)N1C(=O)OC(C)(C)C. The number of aliphatic hydroxyl groups excluding tert-OH is 1. The molecule has 1 N–H and O–H groups in total. The summed E-state index contributed by atoms with van der Waals surface area (Å²) in [7, 11) is 0. The fourth-order valence-electron chi connectivity index (χ4n) is 2.18. The van der Waals surface area contributed by atoms with Crippen LogP contribution in [0.3, 0.4) is 0 Å². The standard InChI is InChI=1S/C13H23NO3/c1-5-6-10-7-8-11(9-15)14(10)12(16)17-13(2,3)4/h5,10-11,15H,1,6-9H2,2-4H3. The van der Waals surface area contributed by atoms with E-state index in [-0.39, 0.29) is 24.8 Å². The normalized spacial score (nSPS) is 24.8. The lowest BCUT2D eigenvalue weighted by atomic mass is 10.1.